The van der Waals surface area contributed by atoms with E-state index in [1.165, 1.54) is 0 Å². The van der Waals surface area contributed by atoms with Gasteiger partial charge in [0, 0.05) is 10.4 Å². The molecule has 0 atom stereocenters. The first kappa shape index (κ1) is 12.2. The molecule has 0 aliphatic rings. The molecule has 0 bridgehead atoms. The van der Waals surface area contributed by atoms with Crippen LogP contribution in [0.4, 0.5) is 5.69 Å². The van der Waals surface area contributed by atoms with Crippen molar-refractivity contribution in [1.82, 2.24) is 0 Å². The number of rotatable bonds is 2. The topological polar surface area (TPSA) is 63.3 Å². The van der Waals surface area contributed by atoms with Crippen LogP contribution in [-0.2, 0) is 0 Å². The van der Waals surface area contributed by atoms with Crippen LogP contribution in [0, 0.1) is 0 Å². The summed E-state index contributed by atoms with van der Waals surface area (Å²) in [7, 11) is 0. The van der Waals surface area contributed by atoms with Crippen molar-refractivity contribution >= 4 is 46.2 Å². The fraction of sp³-hybridized carbons (Fsp3) is 0. The van der Waals surface area contributed by atoms with E-state index in [9.17, 15) is 4.79 Å². The predicted octanol–water partition coefficient (Wildman–Crippen LogP) is 4.00. The molecule has 3 N–H and O–H groups in total. The highest BCUT2D eigenvalue weighted by molar-refractivity contribution is 7.18. The molecule has 0 aliphatic heterocycles. The maximum Gasteiger partial charge on any atom is 0.348 e. The van der Waals surface area contributed by atoms with E-state index in [1.807, 2.05) is 0 Å². The number of aromatic carboxylic acids is 1. The van der Waals surface area contributed by atoms with Gasteiger partial charge in [0.15, 0.2) is 0 Å². The van der Waals surface area contributed by atoms with Crippen molar-refractivity contribution in [3.63, 3.8) is 0 Å². The maximum atomic E-state index is 10.9. The lowest BCUT2D eigenvalue weighted by atomic mass is 10.2. The zero-order chi connectivity index (χ0) is 12.6. The van der Waals surface area contributed by atoms with E-state index >= 15 is 0 Å². The van der Waals surface area contributed by atoms with Crippen LogP contribution in [0.2, 0.25) is 10.0 Å². The second kappa shape index (κ2) is 4.56. The molecule has 0 spiro atoms. The highest BCUT2D eigenvalue weighted by Crippen LogP contribution is 2.39. The Bertz CT molecular complexity index is 595. The molecular formula is C11H7Cl2NO2S. The average molecular weight is 288 g/mol. The minimum Gasteiger partial charge on any atom is -0.477 e. The quantitative estimate of drug-likeness (QED) is 0.877. The van der Waals surface area contributed by atoms with Gasteiger partial charge in [-0.3, -0.25) is 0 Å². The van der Waals surface area contributed by atoms with E-state index in [2.05, 4.69) is 0 Å². The lowest BCUT2D eigenvalue weighted by molar-refractivity contribution is 0.0703. The van der Waals surface area contributed by atoms with Crippen molar-refractivity contribution in [3.05, 3.63) is 39.2 Å². The van der Waals surface area contributed by atoms with E-state index in [1.54, 1.807) is 24.3 Å². The number of hydrogen-bond donors (Lipinski definition) is 2. The molecule has 0 radical (unpaired) electrons. The summed E-state index contributed by atoms with van der Waals surface area (Å²) in [5.74, 6) is -1.04. The highest BCUT2D eigenvalue weighted by atomic mass is 35.5. The second-order valence-electron chi connectivity index (χ2n) is 3.30. The van der Waals surface area contributed by atoms with Gasteiger partial charge in [0.05, 0.1) is 15.7 Å². The van der Waals surface area contributed by atoms with Crippen LogP contribution in [0.3, 0.4) is 0 Å². The van der Waals surface area contributed by atoms with Crippen molar-refractivity contribution in [2.45, 2.75) is 0 Å². The number of anilines is 1. The highest BCUT2D eigenvalue weighted by Gasteiger charge is 2.16. The van der Waals surface area contributed by atoms with E-state index < -0.39 is 5.97 Å². The number of hydrogen-bond acceptors (Lipinski definition) is 3. The number of nitrogens with two attached hydrogens (primary N) is 1. The molecular weight excluding hydrogens is 281 g/mol. The van der Waals surface area contributed by atoms with Crippen molar-refractivity contribution < 1.29 is 9.90 Å². The third-order valence-corrected chi connectivity index (χ3v) is 4.16. The first-order valence-electron chi connectivity index (χ1n) is 4.57. The third-order valence-electron chi connectivity index (χ3n) is 2.17. The molecule has 2 rings (SSSR count). The molecule has 0 saturated heterocycles. The van der Waals surface area contributed by atoms with Gasteiger partial charge in [0.1, 0.15) is 4.88 Å². The molecule has 6 heteroatoms. The predicted molar refractivity (Wildman–Crippen MR) is 71.1 cm³/mol. The molecule has 1 heterocycles. The first-order valence-corrected chi connectivity index (χ1v) is 6.15. The Morgan fingerprint density at radius 2 is 2.06 bits per heavy atom. The summed E-state index contributed by atoms with van der Waals surface area (Å²) in [5, 5.41) is 9.74. The summed E-state index contributed by atoms with van der Waals surface area (Å²) < 4.78 is 0. The summed E-state index contributed by atoms with van der Waals surface area (Å²) in [6, 6.07) is 6.78. The normalized spacial score (nSPS) is 10.5. The lowest BCUT2D eigenvalue weighted by Crippen LogP contribution is -1.96. The fourth-order valence-electron chi connectivity index (χ4n) is 1.40. The zero-order valence-electron chi connectivity index (χ0n) is 8.41. The van der Waals surface area contributed by atoms with Gasteiger partial charge in [0.2, 0.25) is 0 Å². The van der Waals surface area contributed by atoms with Gasteiger partial charge >= 0.3 is 5.97 Å². The van der Waals surface area contributed by atoms with Gasteiger partial charge in [-0.1, -0.05) is 35.3 Å². The number of carbonyl (C=O) groups is 1. The Balaban J connectivity index is 2.58. The molecule has 1 aromatic carbocycles. The Morgan fingerprint density at radius 1 is 1.35 bits per heavy atom. The number of carboxylic acids is 1. The van der Waals surface area contributed by atoms with Gasteiger partial charge < -0.3 is 10.8 Å². The third kappa shape index (κ3) is 2.24. The van der Waals surface area contributed by atoms with Crippen LogP contribution >= 0.6 is 34.5 Å². The van der Waals surface area contributed by atoms with Crippen LogP contribution in [0.1, 0.15) is 9.67 Å². The Hall–Kier alpha value is -1.23. The summed E-state index contributed by atoms with van der Waals surface area (Å²) in [6.07, 6.45) is 0. The Kier molecular flexibility index (Phi) is 3.28. The average Bonchev–Trinajstić information content (AvgIpc) is 2.64. The number of carboxylic acid groups (broad SMARTS) is 1. The molecule has 0 fully saturated rings. The Morgan fingerprint density at radius 3 is 2.65 bits per heavy atom. The SMILES string of the molecule is Nc1cc(-c2cccc(Cl)c2Cl)sc1C(=O)O. The fourth-order valence-corrected chi connectivity index (χ4v) is 2.81. The second-order valence-corrected chi connectivity index (χ2v) is 5.14. The number of nitrogen functional groups attached to an aromatic ring is 1. The van der Waals surface area contributed by atoms with Crippen LogP contribution in [-0.4, -0.2) is 11.1 Å². The van der Waals surface area contributed by atoms with Crippen molar-refractivity contribution in [3.8, 4) is 10.4 Å². The number of halogens is 2. The van der Waals surface area contributed by atoms with Crippen molar-refractivity contribution in [2.75, 3.05) is 5.73 Å². The van der Waals surface area contributed by atoms with Crippen molar-refractivity contribution in [2.24, 2.45) is 0 Å². The van der Waals surface area contributed by atoms with Crippen LogP contribution < -0.4 is 5.73 Å². The smallest absolute Gasteiger partial charge is 0.348 e. The number of thiophene rings is 1. The van der Waals surface area contributed by atoms with E-state index in [4.69, 9.17) is 34.0 Å². The molecule has 0 amide bonds. The van der Waals surface area contributed by atoms with E-state index in [-0.39, 0.29) is 10.6 Å². The van der Waals surface area contributed by atoms with E-state index in [0.717, 1.165) is 11.3 Å². The molecule has 3 nitrogen and oxygen atoms in total. The van der Waals surface area contributed by atoms with Crippen LogP contribution in [0.25, 0.3) is 10.4 Å². The zero-order valence-corrected chi connectivity index (χ0v) is 10.7. The minimum atomic E-state index is -1.04. The molecule has 0 unspecified atom stereocenters. The van der Waals surface area contributed by atoms with Gasteiger partial charge in [-0.25, -0.2) is 4.79 Å². The van der Waals surface area contributed by atoms with Crippen molar-refractivity contribution in [1.29, 1.82) is 0 Å². The molecule has 0 aliphatic carbocycles. The Labute approximate surface area is 111 Å². The van der Waals surface area contributed by atoms with Crippen LogP contribution in [0.5, 0.6) is 0 Å². The largest absolute Gasteiger partial charge is 0.477 e. The summed E-state index contributed by atoms with van der Waals surface area (Å²) in [4.78, 5) is 11.7. The standard InChI is InChI=1S/C11H7Cl2NO2S/c12-6-3-1-2-5(9(6)13)8-4-7(14)10(17-8)11(15)16/h1-4H,14H2,(H,15,16). The monoisotopic (exact) mass is 287 g/mol. The van der Waals surface area contributed by atoms with E-state index in [0.29, 0.717) is 20.5 Å². The lowest BCUT2D eigenvalue weighted by Gasteiger charge is -2.02. The number of benzene rings is 1. The summed E-state index contributed by atoms with van der Waals surface area (Å²) >= 11 is 13.0. The maximum absolute atomic E-state index is 10.9. The molecule has 88 valence electrons. The molecule has 0 saturated carbocycles. The minimum absolute atomic E-state index is 0.107. The van der Waals surface area contributed by atoms with Crippen LogP contribution in [0.15, 0.2) is 24.3 Å². The molecule has 1 aromatic heterocycles. The van der Waals surface area contributed by atoms with Gasteiger partial charge in [0.25, 0.3) is 0 Å². The van der Waals surface area contributed by atoms with Gasteiger partial charge in [-0.2, -0.15) is 0 Å². The van der Waals surface area contributed by atoms with Gasteiger partial charge in [-0.05, 0) is 12.1 Å². The van der Waals surface area contributed by atoms with Gasteiger partial charge in [-0.15, -0.1) is 11.3 Å². The molecule has 2 aromatic rings. The summed E-state index contributed by atoms with van der Waals surface area (Å²) in [6.45, 7) is 0. The summed E-state index contributed by atoms with van der Waals surface area (Å²) in [5.41, 5.74) is 6.54. The molecule has 17 heavy (non-hydrogen) atoms. The first-order chi connectivity index (χ1) is 8.00.